The van der Waals surface area contributed by atoms with Crippen LogP contribution < -0.4 is 21.5 Å². The van der Waals surface area contributed by atoms with Crippen molar-refractivity contribution in [3.63, 3.8) is 0 Å². The van der Waals surface area contributed by atoms with E-state index < -0.39 is 10.9 Å². The molecule has 1 atom stereocenters. The summed E-state index contributed by atoms with van der Waals surface area (Å²) in [7, 11) is 0. The molecule has 0 spiro atoms. The summed E-state index contributed by atoms with van der Waals surface area (Å²) in [6, 6.07) is 6.05. The highest BCUT2D eigenvalue weighted by atomic mass is 16.2. The van der Waals surface area contributed by atoms with E-state index in [0.29, 0.717) is 30.5 Å². The predicted octanol–water partition coefficient (Wildman–Crippen LogP) is 1.19. The van der Waals surface area contributed by atoms with Crippen LogP contribution in [0.15, 0.2) is 34.0 Å². The first-order valence-electron chi connectivity index (χ1n) is 8.15. The maximum absolute atomic E-state index is 11.8. The van der Waals surface area contributed by atoms with Gasteiger partial charge in [0.15, 0.2) is 0 Å². The summed E-state index contributed by atoms with van der Waals surface area (Å²) < 4.78 is 0. The van der Waals surface area contributed by atoms with E-state index in [9.17, 15) is 9.59 Å². The predicted molar refractivity (Wildman–Crippen MR) is 91.7 cm³/mol. The molecule has 1 aromatic carbocycles. The third kappa shape index (κ3) is 3.27. The molecule has 1 fully saturated rings. The Labute approximate surface area is 135 Å². The molecule has 122 valence electrons. The third-order valence-corrected chi connectivity index (χ3v) is 4.50. The van der Waals surface area contributed by atoms with Gasteiger partial charge in [0, 0.05) is 18.8 Å². The number of likely N-dealkylation sites (tertiary alicyclic amines) is 1. The van der Waals surface area contributed by atoms with E-state index in [2.05, 4.69) is 27.4 Å². The quantitative estimate of drug-likeness (QED) is 0.748. The van der Waals surface area contributed by atoms with Gasteiger partial charge >= 0.3 is 0 Å². The largest absolute Gasteiger partial charge is 0.378 e. The van der Waals surface area contributed by atoms with E-state index in [1.165, 1.54) is 6.42 Å². The van der Waals surface area contributed by atoms with Crippen molar-refractivity contribution in [2.24, 2.45) is 0 Å². The fourth-order valence-electron chi connectivity index (χ4n) is 3.17. The van der Waals surface area contributed by atoms with Gasteiger partial charge in [-0.25, -0.2) is 0 Å². The number of anilines is 2. The SMILES string of the molecule is CCN1CCC[C@H]1CNc1c(NCc2ccccn2)c(=O)c1=O. The number of rotatable bonds is 7. The van der Waals surface area contributed by atoms with Crippen LogP contribution in [0.25, 0.3) is 0 Å². The maximum Gasteiger partial charge on any atom is 0.253 e. The number of nitrogens with one attached hydrogen (secondary N) is 2. The van der Waals surface area contributed by atoms with Gasteiger partial charge in [-0.05, 0) is 38.1 Å². The lowest BCUT2D eigenvalue weighted by Crippen LogP contribution is -2.41. The van der Waals surface area contributed by atoms with Crippen LogP contribution in [0.1, 0.15) is 25.5 Å². The molecule has 0 unspecified atom stereocenters. The summed E-state index contributed by atoms with van der Waals surface area (Å²) in [5, 5.41) is 6.21. The lowest BCUT2D eigenvalue weighted by Gasteiger charge is -2.24. The second kappa shape index (κ2) is 6.91. The van der Waals surface area contributed by atoms with Gasteiger partial charge in [0.1, 0.15) is 11.4 Å². The molecule has 1 aromatic heterocycles. The number of hydrogen-bond donors (Lipinski definition) is 2. The molecule has 0 aliphatic carbocycles. The minimum absolute atomic E-state index is 0.390. The molecule has 0 bridgehead atoms. The average molecular weight is 314 g/mol. The van der Waals surface area contributed by atoms with E-state index in [1.54, 1.807) is 6.20 Å². The highest BCUT2D eigenvalue weighted by Gasteiger charge is 2.25. The second-order valence-corrected chi connectivity index (χ2v) is 5.89. The van der Waals surface area contributed by atoms with Gasteiger partial charge in [-0.3, -0.25) is 19.5 Å². The van der Waals surface area contributed by atoms with Gasteiger partial charge in [0.2, 0.25) is 0 Å². The van der Waals surface area contributed by atoms with Crippen LogP contribution in [0, 0.1) is 0 Å². The van der Waals surface area contributed by atoms with Crippen molar-refractivity contribution in [3.05, 3.63) is 50.5 Å². The Morgan fingerprint density at radius 1 is 1.22 bits per heavy atom. The van der Waals surface area contributed by atoms with Gasteiger partial charge in [-0.2, -0.15) is 0 Å². The summed E-state index contributed by atoms with van der Waals surface area (Å²) in [5.41, 5.74) is 0.784. The van der Waals surface area contributed by atoms with Crippen LogP contribution in [0.5, 0.6) is 0 Å². The lowest BCUT2D eigenvalue weighted by atomic mass is 10.1. The van der Waals surface area contributed by atoms with E-state index in [0.717, 1.165) is 25.2 Å². The van der Waals surface area contributed by atoms with E-state index in [-0.39, 0.29) is 0 Å². The van der Waals surface area contributed by atoms with Crippen LogP contribution in [-0.4, -0.2) is 35.6 Å². The molecule has 3 rings (SSSR count). The Hall–Kier alpha value is -2.21. The van der Waals surface area contributed by atoms with Crippen molar-refractivity contribution in [2.75, 3.05) is 30.3 Å². The Morgan fingerprint density at radius 3 is 2.70 bits per heavy atom. The standard InChI is InChI=1S/C17H22N4O2/c1-2-21-9-5-7-13(21)11-20-15-14(16(22)17(15)23)19-10-12-6-3-4-8-18-12/h3-4,6,8,13,19-20H,2,5,7,9-11H2,1H3/t13-/m0/s1. The van der Waals surface area contributed by atoms with Crippen molar-refractivity contribution in [3.8, 4) is 0 Å². The minimum atomic E-state index is -0.442. The second-order valence-electron chi connectivity index (χ2n) is 5.89. The number of likely N-dealkylation sites (N-methyl/N-ethyl adjacent to an activating group) is 1. The number of pyridine rings is 1. The molecule has 6 heteroatoms. The van der Waals surface area contributed by atoms with Crippen molar-refractivity contribution in [2.45, 2.75) is 32.4 Å². The van der Waals surface area contributed by atoms with E-state index in [1.807, 2.05) is 18.2 Å². The molecule has 2 heterocycles. The minimum Gasteiger partial charge on any atom is -0.378 e. The molecule has 23 heavy (non-hydrogen) atoms. The third-order valence-electron chi connectivity index (χ3n) is 4.50. The van der Waals surface area contributed by atoms with Crippen molar-refractivity contribution in [1.82, 2.24) is 9.88 Å². The van der Waals surface area contributed by atoms with Crippen LogP contribution >= 0.6 is 0 Å². The van der Waals surface area contributed by atoms with Crippen molar-refractivity contribution >= 4 is 11.4 Å². The zero-order valence-electron chi connectivity index (χ0n) is 13.3. The Bertz CT molecular complexity index is 722. The molecule has 0 saturated carbocycles. The van der Waals surface area contributed by atoms with Crippen LogP contribution in [0.4, 0.5) is 11.4 Å². The Morgan fingerprint density at radius 2 is 2.00 bits per heavy atom. The summed E-state index contributed by atoms with van der Waals surface area (Å²) >= 11 is 0. The number of aromatic nitrogens is 1. The molecule has 0 radical (unpaired) electrons. The molecule has 1 saturated heterocycles. The highest BCUT2D eigenvalue weighted by Crippen LogP contribution is 2.19. The molecule has 2 N–H and O–H groups in total. The smallest absolute Gasteiger partial charge is 0.253 e. The summed E-state index contributed by atoms with van der Waals surface area (Å²) in [6.45, 7) is 5.42. The summed E-state index contributed by atoms with van der Waals surface area (Å²) in [6.07, 6.45) is 4.03. The Balaban J connectivity index is 1.61. The van der Waals surface area contributed by atoms with Crippen LogP contribution in [-0.2, 0) is 6.54 Å². The first-order valence-corrected chi connectivity index (χ1v) is 8.15. The fourth-order valence-corrected chi connectivity index (χ4v) is 3.17. The van der Waals surface area contributed by atoms with Crippen LogP contribution in [0.2, 0.25) is 0 Å². The summed E-state index contributed by atoms with van der Waals surface area (Å²) in [5.74, 6) is 0. The molecule has 6 nitrogen and oxygen atoms in total. The van der Waals surface area contributed by atoms with E-state index >= 15 is 0 Å². The zero-order chi connectivity index (χ0) is 16.2. The average Bonchev–Trinajstić information content (AvgIpc) is 3.05. The number of hydrogen-bond acceptors (Lipinski definition) is 6. The van der Waals surface area contributed by atoms with Crippen LogP contribution in [0.3, 0.4) is 0 Å². The zero-order valence-corrected chi connectivity index (χ0v) is 13.3. The maximum atomic E-state index is 11.8. The first-order chi connectivity index (χ1) is 11.2. The lowest BCUT2D eigenvalue weighted by molar-refractivity contribution is 0.277. The molecule has 1 aliphatic heterocycles. The van der Waals surface area contributed by atoms with E-state index in [4.69, 9.17) is 0 Å². The van der Waals surface area contributed by atoms with Gasteiger partial charge in [-0.1, -0.05) is 13.0 Å². The Kier molecular flexibility index (Phi) is 4.71. The first kappa shape index (κ1) is 15.7. The monoisotopic (exact) mass is 314 g/mol. The molecule has 2 aromatic rings. The topological polar surface area (TPSA) is 74.3 Å². The van der Waals surface area contributed by atoms with Gasteiger partial charge in [0.05, 0.1) is 12.2 Å². The number of nitrogens with zero attached hydrogens (tertiary/aromatic N) is 2. The molecule has 1 aliphatic rings. The van der Waals surface area contributed by atoms with Gasteiger partial charge in [-0.15, -0.1) is 0 Å². The molecular weight excluding hydrogens is 292 g/mol. The highest BCUT2D eigenvalue weighted by molar-refractivity contribution is 5.73. The molecule has 0 amide bonds. The van der Waals surface area contributed by atoms with Gasteiger partial charge < -0.3 is 10.6 Å². The van der Waals surface area contributed by atoms with Gasteiger partial charge in [0.25, 0.3) is 10.9 Å². The molecular formula is C17H22N4O2. The summed E-state index contributed by atoms with van der Waals surface area (Å²) in [4.78, 5) is 30.2. The fraction of sp³-hybridized carbons (Fsp3) is 0.471. The van der Waals surface area contributed by atoms with Crippen molar-refractivity contribution < 1.29 is 0 Å². The van der Waals surface area contributed by atoms with Crippen molar-refractivity contribution in [1.29, 1.82) is 0 Å². The normalized spacial score (nSPS) is 18.4.